The van der Waals surface area contributed by atoms with Gasteiger partial charge < -0.3 is 15.3 Å². The van der Waals surface area contributed by atoms with Crippen molar-refractivity contribution in [2.24, 2.45) is 0 Å². The zero-order valence-electron chi connectivity index (χ0n) is 22.3. The van der Waals surface area contributed by atoms with Crippen molar-refractivity contribution in [1.29, 1.82) is 0 Å². The van der Waals surface area contributed by atoms with Gasteiger partial charge in [0, 0.05) is 12.6 Å². The summed E-state index contributed by atoms with van der Waals surface area (Å²) >= 11 is 24.7. The van der Waals surface area contributed by atoms with E-state index in [0.29, 0.717) is 50.7 Å². The Bertz CT molecular complexity index is 1270. The van der Waals surface area contributed by atoms with Gasteiger partial charge in [-0.25, -0.2) is 8.42 Å². The summed E-state index contributed by atoms with van der Waals surface area (Å²) in [6, 6.07) is 9.41. The van der Waals surface area contributed by atoms with Gasteiger partial charge in [0.15, 0.2) is 0 Å². The van der Waals surface area contributed by atoms with Crippen LogP contribution >= 0.6 is 46.4 Å². The van der Waals surface area contributed by atoms with Crippen LogP contribution in [0.25, 0.3) is 0 Å². The molecule has 1 saturated heterocycles. The van der Waals surface area contributed by atoms with Crippen LogP contribution in [0, 0.1) is 0 Å². The van der Waals surface area contributed by atoms with Crippen LogP contribution < -0.4 is 5.32 Å². The molecule has 0 radical (unpaired) electrons. The smallest absolute Gasteiger partial charge is 0.230 e. The number of rotatable bonds is 11. The number of amides is 1. The number of nitrogens with one attached hydrogen (secondary N) is 1. The molecular weight excluding hydrogens is 604 g/mol. The molecule has 1 aliphatic heterocycles. The lowest BCUT2D eigenvalue weighted by Crippen LogP contribution is -2.49. The molecule has 0 aliphatic carbocycles. The second kappa shape index (κ2) is 13.7. The number of aliphatic hydroxyl groups is 1. The van der Waals surface area contributed by atoms with Gasteiger partial charge in [-0.15, -0.1) is 0 Å². The molecule has 3 rings (SSSR count). The topological polar surface area (TPSA) is 89.9 Å². The van der Waals surface area contributed by atoms with E-state index in [-0.39, 0.29) is 18.6 Å². The van der Waals surface area contributed by atoms with E-state index in [0.717, 1.165) is 25.9 Å². The Labute approximate surface area is 251 Å². The maximum atomic E-state index is 13.9. The molecule has 216 valence electrons. The number of sulfonamides is 1. The molecular formula is C27H35Cl4N3O4S. The number of hydrogen-bond acceptors (Lipinski definition) is 5. The van der Waals surface area contributed by atoms with Gasteiger partial charge in [-0.2, -0.15) is 4.31 Å². The lowest BCUT2D eigenvalue weighted by Gasteiger charge is -2.38. The molecule has 1 heterocycles. The summed E-state index contributed by atoms with van der Waals surface area (Å²) in [5.74, 6) is -0.282. The fourth-order valence-electron chi connectivity index (χ4n) is 5.09. The quantitative estimate of drug-likeness (QED) is 0.337. The number of piperidine rings is 1. The number of aliphatic hydroxyl groups excluding tert-OH is 1. The molecule has 0 bridgehead atoms. The van der Waals surface area contributed by atoms with Crippen molar-refractivity contribution in [1.82, 2.24) is 14.5 Å². The first kappa shape index (κ1) is 32.4. The Morgan fingerprint density at radius 1 is 1.08 bits per heavy atom. The van der Waals surface area contributed by atoms with Crippen LogP contribution in [0.3, 0.4) is 0 Å². The molecule has 2 atom stereocenters. The summed E-state index contributed by atoms with van der Waals surface area (Å²) in [5, 5.41) is 14.5. The van der Waals surface area contributed by atoms with Crippen LogP contribution in [0.1, 0.15) is 50.3 Å². The van der Waals surface area contributed by atoms with Crippen LogP contribution in [-0.2, 0) is 20.2 Å². The lowest BCUT2D eigenvalue weighted by molar-refractivity contribution is -0.127. The zero-order chi connectivity index (χ0) is 29.0. The number of halogens is 4. The molecule has 1 aliphatic rings. The van der Waals surface area contributed by atoms with Gasteiger partial charge in [-0.1, -0.05) is 65.5 Å². The molecule has 2 N–H and O–H groups in total. The third-order valence-corrected chi connectivity index (χ3v) is 10.4. The average Bonchev–Trinajstić information content (AvgIpc) is 2.89. The highest BCUT2D eigenvalue weighted by molar-refractivity contribution is 7.88. The summed E-state index contributed by atoms with van der Waals surface area (Å²) < 4.78 is 25.9. The maximum Gasteiger partial charge on any atom is 0.230 e. The van der Waals surface area contributed by atoms with E-state index >= 15 is 0 Å². The minimum Gasteiger partial charge on any atom is -0.394 e. The minimum atomic E-state index is -3.26. The largest absolute Gasteiger partial charge is 0.394 e. The Morgan fingerprint density at radius 3 is 2.18 bits per heavy atom. The Balaban J connectivity index is 1.79. The standard InChI is InChI=1S/C27H35Cl4N3O4S/c1-4-34(39(3,37)38)20-9-12-33(13-10-20)14-11-27(2,19-6-8-22(29)24(31)16-19)26(36)32-25(17-35)18-5-7-21(28)23(30)15-18/h5-8,15-16,20,25,35H,4,9-14,17H2,1-3H3,(H,32,36). The van der Waals surface area contributed by atoms with Crippen molar-refractivity contribution in [3.63, 3.8) is 0 Å². The Kier molecular flexibility index (Phi) is 11.4. The van der Waals surface area contributed by atoms with Crippen LogP contribution in [0.4, 0.5) is 0 Å². The number of carbonyl (C=O) groups excluding carboxylic acids is 1. The SMILES string of the molecule is CCN(C1CCN(CCC(C)(C(=O)NC(CO)c2ccc(Cl)c(Cl)c2)c2ccc(Cl)c(Cl)c2)CC1)S(C)(=O)=O. The molecule has 2 unspecified atom stereocenters. The van der Waals surface area contributed by atoms with Gasteiger partial charge >= 0.3 is 0 Å². The number of hydrogen-bond donors (Lipinski definition) is 2. The van der Waals surface area contributed by atoms with Crippen molar-refractivity contribution in [3.8, 4) is 0 Å². The normalized spacial score (nSPS) is 17.7. The molecule has 2 aromatic carbocycles. The molecule has 1 amide bonds. The minimum absolute atomic E-state index is 0.0254. The van der Waals surface area contributed by atoms with E-state index in [2.05, 4.69) is 10.2 Å². The van der Waals surface area contributed by atoms with Gasteiger partial charge in [0.1, 0.15) is 0 Å². The fourth-order valence-corrected chi connectivity index (χ4v) is 6.91. The van der Waals surface area contributed by atoms with E-state index < -0.39 is 21.5 Å². The number of benzene rings is 2. The molecule has 12 heteroatoms. The Morgan fingerprint density at radius 2 is 1.67 bits per heavy atom. The zero-order valence-corrected chi connectivity index (χ0v) is 26.1. The first-order valence-electron chi connectivity index (χ1n) is 12.8. The van der Waals surface area contributed by atoms with Gasteiger partial charge in [0.2, 0.25) is 15.9 Å². The summed E-state index contributed by atoms with van der Waals surface area (Å²) in [7, 11) is -3.26. The van der Waals surface area contributed by atoms with Crippen molar-refractivity contribution < 1.29 is 18.3 Å². The highest BCUT2D eigenvalue weighted by Crippen LogP contribution is 2.35. The third-order valence-electron chi connectivity index (χ3n) is 7.52. The van der Waals surface area contributed by atoms with Crippen molar-refractivity contribution in [3.05, 3.63) is 67.6 Å². The van der Waals surface area contributed by atoms with E-state index in [1.807, 2.05) is 13.8 Å². The average molecular weight is 639 g/mol. The van der Waals surface area contributed by atoms with E-state index in [4.69, 9.17) is 46.4 Å². The first-order valence-corrected chi connectivity index (χ1v) is 16.2. The second-order valence-electron chi connectivity index (χ2n) is 10.1. The van der Waals surface area contributed by atoms with Gasteiger partial charge in [-0.05, 0) is 81.2 Å². The van der Waals surface area contributed by atoms with Crippen LogP contribution in [0.15, 0.2) is 36.4 Å². The number of carbonyl (C=O) groups is 1. The molecule has 0 spiro atoms. The van der Waals surface area contributed by atoms with Gasteiger partial charge in [-0.3, -0.25) is 4.79 Å². The van der Waals surface area contributed by atoms with Crippen molar-refractivity contribution in [2.45, 2.75) is 50.6 Å². The number of nitrogens with zero attached hydrogens (tertiary/aromatic N) is 2. The van der Waals surface area contributed by atoms with Crippen LogP contribution in [-0.4, -0.2) is 73.7 Å². The molecule has 0 aromatic heterocycles. The van der Waals surface area contributed by atoms with Crippen molar-refractivity contribution in [2.75, 3.05) is 39.0 Å². The Hall–Kier alpha value is -1.10. The fraction of sp³-hybridized carbons (Fsp3) is 0.519. The van der Waals surface area contributed by atoms with Crippen LogP contribution in [0.5, 0.6) is 0 Å². The third kappa shape index (κ3) is 8.01. The highest BCUT2D eigenvalue weighted by atomic mass is 35.5. The summed E-state index contributed by atoms with van der Waals surface area (Å²) in [6.45, 7) is 5.87. The van der Waals surface area contributed by atoms with Crippen LogP contribution in [0.2, 0.25) is 20.1 Å². The lowest BCUT2D eigenvalue weighted by atomic mass is 9.78. The summed E-state index contributed by atoms with van der Waals surface area (Å²) in [4.78, 5) is 16.1. The number of likely N-dealkylation sites (tertiary alicyclic amines) is 1. The molecule has 7 nitrogen and oxygen atoms in total. The van der Waals surface area contributed by atoms with Gasteiger partial charge in [0.05, 0.1) is 44.4 Å². The van der Waals surface area contributed by atoms with E-state index in [1.165, 1.54) is 6.26 Å². The molecule has 39 heavy (non-hydrogen) atoms. The first-order chi connectivity index (χ1) is 18.3. The van der Waals surface area contributed by atoms with E-state index in [1.54, 1.807) is 40.7 Å². The maximum absolute atomic E-state index is 13.9. The predicted octanol–water partition coefficient (Wildman–Crippen LogP) is 5.54. The van der Waals surface area contributed by atoms with Gasteiger partial charge in [0.25, 0.3) is 0 Å². The molecule has 2 aromatic rings. The molecule has 0 saturated carbocycles. The van der Waals surface area contributed by atoms with E-state index in [9.17, 15) is 18.3 Å². The summed E-state index contributed by atoms with van der Waals surface area (Å²) in [6.07, 6.45) is 3.16. The van der Waals surface area contributed by atoms with Crippen molar-refractivity contribution >= 4 is 62.3 Å². The monoisotopic (exact) mass is 637 g/mol. The predicted molar refractivity (Wildman–Crippen MR) is 160 cm³/mol. The summed E-state index contributed by atoms with van der Waals surface area (Å²) in [5.41, 5.74) is 0.325. The highest BCUT2D eigenvalue weighted by Gasteiger charge is 2.38. The molecule has 1 fully saturated rings. The second-order valence-corrected chi connectivity index (χ2v) is 13.7.